The number of fused-ring (bicyclic) bond motifs is 2. The zero-order chi connectivity index (χ0) is 54.9. The van der Waals surface area contributed by atoms with Crippen molar-refractivity contribution in [3.63, 3.8) is 0 Å². The van der Waals surface area contributed by atoms with E-state index < -0.39 is 0 Å². The molecule has 4 aromatic heterocycles. The van der Waals surface area contributed by atoms with Crippen LogP contribution >= 0.6 is 22.7 Å². The van der Waals surface area contributed by atoms with Crippen molar-refractivity contribution in [1.82, 2.24) is 9.97 Å². The molecule has 77 heavy (non-hydrogen) atoms. The Bertz CT molecular complexity index is 3500. The minimum atomic E-state index is -0.125. The topological polar surface area (TPSA) is 100 Å². The van der Waals surface area contributed by atoms with Gasteiger partial charge in [-0.2, -0.15) is 0 Å². The number of allylic oxidation sites excluding steroid dienone is 4. The maximum Gasteiger partial charge on any atom is 0.155 e. The summed E-state index contributed by atoms with van der Waals surface area (Å²) in [6.07, 6.45) is 6.36. The quantitative estimate of drug-likeness (QED) is 0.0937. The van der Waals surface area contributed by atoms with Crippen LogP contribution in [-0.2, 0) is 60.6 Å². The first-order valence-corrected chi connectivity index (χ1v) is 26.8. The van der Waals surface area contributed by atoms with Gasteiger partial charge in [-0.1, -0.05) is 140 Å². The molecule has 4 heterocycles. The van der Waals surface area contributed by atoms with Crippen LogP contribution in [0.3, 0.4) is 0 Å². The third kappa shape index (κ3) is 17.5. The van der Waals surface area contributed by atoms with E-state index >= 15 is 0 Å². The number of ketones is 2. The Morgan fingerprint density at radius 3 is 1.45 bits per heavy atom. The molecule has 0 saturated heterocycles. The number of benzene rings is 5. The van der Waals surface area contributed by atoms with E-state index in [9.17, 15) is 9.59 Å². The summed E-state index contributed by atoms with van der Waals surface area (Å²) < 4.78 is 2.44. The van der Waals surface area contributed by atoms with E-state index in [0.717, 1.165) is 33.6 Å². The Morgan fingerprint density at radius 2 is 1.00 bits per heavy atom. The summed E-state index contributed by atoms with van der Waals surface area (Å²) in [6.45, 7) is 30.0. The molecule has 0 atom stereocenters. The van der Waals surface area contributed by atoms with Gasteiger partial charge in [-0.25, -0.2) is 0 Å². The average Bonchev–Trinajstić information content (AvgIpc) is 3.91. The predicted octanol–water partition coefficient (Wildman–Crippen LogP) is 18.7. The second kappa shape index (κ2) is 27.6. The SMILES string of the molecule is CC(=O)C=C(C)O.CC(=O)C=C(C)O.Cc1[c-]c(-c2cc3c(C)c(-c4ccccc4)sc3cn2)cc(C(C)(C)C)c1.Cc1[c-]c(-c2cc3cc(-c4ccc(-c5c(C)cccc5C)cc4)sc3cn2)cc(C(C)(C)C)c1.[Ir].[Ir]. The number of carbonyl (C=O) groups excluding carboxylic acids is 2. The first-order chi connectivity index (χ1) is 35.3. The summed E-state index contributed by atoms with van der Waals surface area (Å²) in [5.74, 6) is -0.125. The number of pyridine rings is 2. The van der Waals surface area contributed by atoms with Gasteiger partial charge in [-0.15, -0.1) is 92.5 Å². The second-order valence-electron chi connectivity index (χ2n) is 21.3. The fourth-order valence-corrected chi connectivity index (χ4v) is 10.8. The summed E-state index contributed by atoms with van der Waals surface area (Å²) in [4.78, 5) is 32.2. The van der Waals surface area contributed by atoms with E-state index in [1.165, 1.54) is 120 Å². The van der Waals surface area contributed by atoms with Crippen molar-refractivity contribution in [1.29, 1.82) is 0 Å². The molecule has 0 unspecified atom stereocenters. The van der Waals surface area contributed by atoms with Crippen LogP contribution in [-0.4, -0.2) is 31.7 Å². The molecule has 0 amide bonds. The summed E-state index contributed by atoms with van der Waals surface area (Å²) in [6, 6.07) is 48.7. The van der Waals surface area contributed by atoms with Crippen LogP contribution < -0.4 is 0 Å². The summed E-state index contributed by atoms with van der Waals surface area (Å²) in [5.41, 5.74) is 18.4. The van der Waals surface area contributed by atoms with E-state index in [1.807, 2.05) is 23.7 Å². The summed E-state index contributed by atoms with van der Waals surface area (Å²) in [5, 5.41) is 19.2. The molecule has 10 heteroatoms. The number of hydrogen-bond acceptors (Lipinski definition) is 8. The van der Waals surface area contributed by atoms with E-state index in [0.29, 0.717) is 0 Å². The van der Waals surface area contributed by atoms with Crippen molar-refractivity contribution in [2.75, 3.05) is 0 Å². The Balaban J connectivity index is 0.000000265. The van der Waals surface area contributed by atoms with Crippen molar-refractivity contribution < 1.29 is 60.0 Å². The Morgan fingerprint density at radius 1 is 0.532 bits per heavy atom. The summed E-state index contributed by atoms with van der Waals surface area (Å²) >= 11 is 3.62. The van der Waals surface area contributed by atoms with Gasteiger partial charge >= 0.3 is 0 Å². The zero-order valence-corrected chi connectivity index (χ0v) is 53.3. The molecule has 5 aromatic carbocycles. The van der Waals surface area contributed by atoms with Gasteiger partial charge in [-0.3, -0.25) is 9.59 Å². The molecule has 2 N–H and O–H groups in total. The molecule has 0 fully saturated rings. The number of aliphatic hydroxyl groups is 2. The smallest absolute Gasteiger partial charge is 0.155 e. The number of aliphatic hydroxyl groups excluding tert-OH is 2. The monoisotopic (exact) mass is 1420 g/mol. The third-order valence-electron chi connectivity index (χ3n) is 12.3. The van der Waals surface area contributed by atoms with Crippen LogP contribution in [0.2, 0.25) is 0 Å². The average molecular weight is 1420 g/mol. The van der Waals surface area contributed by atoms with Gasteiger partial charge in [0, 0.05) is 74.5 Å². The van der Waals surface area contributed by atoms with Gasteiger partial charge in [0.05, 0.1) is 20.9 Å². The molecular weight excluding hydrogens is 1350 g/mol. The molecule has 0 bridgehead atoms. The molecule has 6 nitrogen and oxygen atoms in total. The Kier molecular flexibility index (Phi) is 22.8. The largest absolute Gasteiger partial charge is 0.512 e. The van der Waals surface area contributed by atoms with Crippen LogP contribution in [0.25, 0.3) is 74.7 Å². The van der Waals surface area contributed by atoms with Crippen LogP contribution in [0.4, 0.5) is 0 Å². The maximum atomic E-state index is 10.0. The van der Waals surface area contributed by atoms with Gasteiger partial charge in [0.25, 0.3) is 0 Å². The van der Waals surface area contributed by atoms with Crippen molar-refractivity contribution in [3.8, 4) is 54.5 Å². The maximum absolute atomic E-state index is 10.0. The van der Waals surface area contributed by atoms with Gasteiger partial charge in [0.15, 0.2) is 11.6 Å². The van der Waals surface area contributed by atoms with Gasteiger partial charge < -0.3 is 20.2 Å². The number of aromatic nitrogens is 2. The number of nitrogens with zero attached hydrogens (tertiary/aromatic N) is 2. The second-order valence-corrected chi connectivity index (χ2v) is 23.4. The molecule has 9 aromatic rings. The molecular formula is C67H70Ir2N2O4S2-2. The molecule has 404 valence electrons. The molecule has 0 aliphatic carbocycles. The number of rotatable bonds is 7. The van der Waals surface area contributed by atoms with Crippen molar-refractivity contribution in [2.45, 2.75) is 115 Å². The third-order valence-corrected chi connectivity index (χ3v) is 14.7. The van der Waals surface area contributed by atoms with E-state index in [4.69, 9.17) is 20.2 Å². The minimum absolute atomic E-state index is 0. The van der Waals surface area contributed by atoms with Gasteiger partial charge in [0.1, 0.15) is 0 Å². The molecule has 0 saturated carbocycles. The fraction of sp³-hybridized carbons (Fsp3) is 0.254. The van der Waals surface area contributed by atoms with Crippen molar-refractivity contribution in [2.24, 2.45) is 0 Å². The first-order valence-electron chi connectivity index (χ1n) is 25.1. The van der Waals surface area contributed by atoms with Crippen LogP contribution in [0.1, 0.15) is 108 Å². The van der Waals surface area contributed by atoms with Crippen molar-refractivity contribution >= 4 is 54.4 Å². The van der Waals surface area contributed by atoms with Crippen LogP contribution in [0.5, 0.6) is 0 Å². The summed E-state index contributed by atoms with van der Waals surface area (Å²) in [7, 11) is 0. The number of hydrogen-bond donors (Lipinski definition) is 2. The van der Waals surface area contributed by atoms with E-state index in [1.54, 1.807) is 11.3 Å². The molecule has 0 spiro atoms. The van der Waals surface area contributed by atoms with Crippen LogP contribution in [0.15, 0.2) is 151 Å². The first kappa shape index (κ1) is 63.6. The Labute approximate surface area is 492 Å². The van der Waals surface area contributed by atoms with E-state index in [2.05, 4.69) is 204 Å². The normalized spacial score (nSPS) is 11.5. The number of carbonyl (C=O) groups is 2. The van der Waals surface area contributed by atoms with E-state index in [-0.39, 0.29) is 74.1 Å². The molecule has 0 aliphatic rings. The Hall–Kier alpha value is -5.96. The predicted molar refractivity (Wildman–Crippen MR) is 319 cm³/mol. The van der Waals surface area contributed by atoms with Gasteiger partial charge in [0.2, 0.25) is 0 Å². The standard InChI is InChI=1S/C32H30NS.C25H24NS.2C5H8O2.2Ir/c1-20-14-25(16-27(15-20)32(4,5)6)28-17-26-18-29(34-30(26)19-33-28)23-10-12-24(13-11-23)31-21(2)8-7-9-22(31)3;1-16-11-19(13-20(12-16)25(3,4)5)22-14-21-17(2)24(27-23(21)15-26-22)18-9-7-6-8-10-18;2*1-4(6)3-5(2)7;;/h7-13,15-19H,1-6H3;6-10,12-15H,1-5H3;2*3,6H,1-2H3;;/q2*-1;;;;. The molecule has 9 rings (SSSR count). The fourth-order valence-electron chi connectivity index (χ4n) is 8.60. The number of thiophene rings is 2. The van der Waals surface area contributed by atoms with Crippen LogP contribution in [0, 0.1) is 46.8 Å². The minimum Gasteiger partial charge on any atom is -0.512 e. The van der Waals surface area contributed by atoms with Gasteiger partial charge in [-0.05, 0) is 126 Å². The van der Waals surface area contributed by atoms with Crippen molar-refractivity contribution in [3.05, 3.63) is 202 Å². The molecule has 2 radical (unpaired) electrons. The number of aryl methyl sites for hydroxylation is 5. The zero-order valence-electron chi connectivity index (χ0n) is 46.9. The molecule has 0 aliphatic heterocycles.